The minimum Gasteiger partial charge on any atom is -0.383 e. The van der Waals surface area contributed by atoms with Crippen LogP contribution in [0.1, 0.15) is 50.5 Å². The fourth-order valence-corrected chi connectivity index (χ4v) is 3.47. The summed E-state index contributed by atoms with van der Waals surface area (Å²) in [5.41, 5.74) is 7.24. The van der Waals surface area contributed by atoms with Crippen molar-refractivity contribution in [2.24, 2.45) is 0 Å². The Bertz CT molecular complexity index is 413. The average molecular weight is 246 g/mol. The number of ether oxygens (including phenoxy) is 1. The second kappa shape index (κ2) is 4.88. The maximum atomic E-state index is 6.37. The predicted octanol–water partition coefficient (Wildman–Crippen LogP) is 3.09. The third-order valence-electron chi connectivity index (χ3n) is 4.48. The highest BCUT2D eigenvalue weighted by Gasteiger charge is 2.40. The van der Waals surface area contributed by atoms with Gasteiger partial charge in [-0.05, 0) is 37.3 Å². The van der Waals surface area contributed by atoms with Crippen LogP contribution in [0.15, 0.2) is 18.3 Å². The molecule has 1 saturated heterocycles. The minimum absolute atomic E-state index is 0.208. The van der Waals surface area contributed by atoms with E-state index in [-0.39, 0.29) is 5.60 Å². The van der Waals surface area contributed by atoms with Crippen molar-refractivity contribution in [3.8, 4) is 0 Å². The standard InChI is InChI=1S/C15H22N2O/c16-14-12(5-4-10-17-14)11-13-6-9-15(18-13)7-2-1-3-8-15/h4-5,10,13H,1-3,6-9,11H2,(H2,16,17). The summed E-state index contributed by atoms with van der Waals surface area (Å²) in [5, 5.41) is 0. The Hall–Kier alpha value is -1.09. The second-order valence-electron chi connectivity index (χ2n) is 5.77. The minimum atomic E-state index is 0.208. The summed E-state index contributed by atoms with van der Waals surface area (Å²) < 4.78 is 6.37. The van der Waals surface area contributed by atoms with Crippen LogP contribution < -0.4 is 5.73 Å². The van der Waals surface area contributed by atoms with E-state index in [9.17, 15) is 0 Å². The molecule has 0 amide bonds. The summed E-state index contributed by atoms with van der Waals surface area (Å²) in [6.45, 7) is 0. The quantitative estimate of drug-likeness (QED) is 0.872. The molecule has 2 N–H and O–H groups in total. The van der Waals surface area contributed by atoms with Crippen molar-refractivity contribution < 1.29 is 4.74 Å². The number of anilines is 1. The van der Waals surface area contributed by atoms with Gasteiger partial charge >= 0.3 is 0 Å². The molecule has 1 unspecified atom stereocenters. The van der Waals surface area contributed by atoms with Crippen molar-refractivity contribution in [2.75, 3.05) is 5.73 Å². The SMILES string of the molecule is Nc1ncccc1CC1CCC2(CCCCC2)O1. The molecule has 2 aliphatic rings. The number of pyridine rings is 1. The first-order valence-corrected chi connectivity index (χ1v) is 7.15. The van der Waals surface area contributed by atoms with Gasteiger partial charge in [0.05, 0.1) is 11.7 Å². The van der Waals surface area contributed by atoms with Crippen LogP contribution in [0.2, 0.25) is 0 Å². The Morgan fingerprint density at radius 1 is 1.28 bits per heavy atom. The number of aromatic nitrogens is 1. The maximum absolute atomic E-state index is 6.37. The highest BCUT2D eigenvalue weighted by atomic mass is 16.5. The number of nitrogens with zero attached hydrogens (tertiary/aromatic N) is 1. The summed E-state index contributed by atoms with van der Waals surface area (Å²) in [4.78, 5) is 4.15. The molecule has 2 fully saturated rings. The molecule has 2 heterocycles. The monoisotopic (exact) mass is 246 g/mol. The van der Waals surface area contributed by atoms with Crippen molar-refractivity contribution in [3.05, 3.63) is 23.9 Å². The topological polar surface area (TPSA) is 48.1 Å². The van der Waals surface area contributed by atoms with E-state index in [1.165, 1.54) is 44.9 Å². The maximum Gasteiger partial charge on any atom is 0.126 e. The van der Waals surface area contributed by atoms with Crippen LogP contribution in [0, 0.1) is 0 Å². The zero-order chi connectivity index (χ0) is 12.4. The first-order valence-electron chi connectivity index (χ1n) is 7.15. The van der Waals surface area contributed by atoms with E-state index in [2.05, 4.69) is 11.1 Å². The largest absolute Gasteiger partial charge is 0.383 e. The molecule has 3 rings (SSSR count). The van der Waals surface area contributed by atoms with Crippen molar-refractivity contribution >= 4 is 5.82 Å². The first kappa shape index (κ1) is 12.0. The van der Waals surface area contributed by atoms with Gasteiger partial charge in [-0.1, -0.05) is 25.3 Å². The fraction of sp³-hybridized carbons (Fsp3) is 0.667. The predicted molar refractivity (Wildman–Crippen MR) is 72.3 cm³/mol. The molecule has 1 spiro atoms. The van der Waals surface area contributed by atoms with Gasteiger partial charge in [-0.25, -0.2) is 4.98 Å². The smallest absolute Gasteiger partial charge is 0.126 e. The zero-order valence-electron chi connectivity index (χ0n) is 10.9. The molecular weight excluding hydrogens is 224 g/mol. The number of nitrogen functional groups attached to an aromatic ring is 1. The lowest BCUT2D eigenvalue weighted by molar-refractivity contribution is -0.0628. The Labute approximate surface area is 109 Å². The molecule has 18 heavy (non-hydrogen) atoms. The molecule has 1 atom stereocenters. The molecule has 3 heteroatoms. The van der Waals surface area contributed by atoms with E-state index in [1.807, 2.05) is 6.07 Å². The van der Waals surface area contributed by atoms with E-state index in [0.29, 0.717) is 11.9 Å². The third-order valence-corrected chi connectivity index (χ3v) is 4.48. The number of rotatable bonds is 2. The summed E-state index contributed by atoms with van der Waals surface area (Å²) >= 11 is 0. The van der Waals surface area contributed by atoms with Crippen LogP contribution in [0.5, 0.6) is 0 Å². The lowest BCUT2D eigenvalue weighted by Gasteiger charge is -2.33. The highest BCUT2D eigenvalue weighted by molar-refractivity contribution is 5.38. The van der Waals surface area contributed by atoms with Gasteiger partial charge in [0.1, 0.15) is 5.82 Å². The molecule has 1 aliphatic carbocycles. The summed E-state index contributed by atoms with van der Waals surface area (Å²) in [6, 6.07) is 4.02. The number of hydrogen-bond donors (Lipinski definition) is 1. The van der Waals surface area contributed by atoms with E-state index in [1.54, 1.807) is 6.20 Å². The van der Waals surface area contributed by atoms with Gasteiger partial charge in [-0.2, -0.15) is 0 Å². The molecule has 0 radical (unpaired) electrons. The van der Waals surface area contributed by atoms with Gasteiger partial charge in [-0.15, -0.1) is 0 Å². The normalized spacial score (nSPS) is 26.6. The van der Waals surface area contributed by atoms with Gasteiger partial charge < -0.3 is 10.5 Å². The molecule has 1 aliphatic heterocycles. The summed E-state index contributed by atoms with van der Waals surface area (Å²) in [7, 11) is 0. The Balaban J connectivity index is 1.64. The second-order valence-corrected chi connectivity index (χ2v) is 5.77. The molecule has 1 saturated carbocycles. The van der Waals surface area contributed by atoms with Crippen molar-refractivity contribution in [3.63, 3.8) is 0 Å². The summed E-state index contributed by atoms with van der Waals surface area (Å²) in [5.74, 6) is 0.658. The lowest BCUT2D eigenvalue weighted by Crippen LogP contribution is -2.32. The van der Waals surface area contributed by atoms with Crippen LogP contribution in [0.4, 0.5) is 5.82 Å². The molecule has 0 bridgehead atoms. The summed E-state index contributed by atoms with van der Waals surface area (Å²) in [6.07, 6.45) is 12.0. The molecular formula is C15H22N2O. The van der Waals surface area contributed by atoms with Gasteiger partial charge in [0.2, 0.25) is 0 Å². The van der Waals surface area contributed by atoms with Crippen LogP contribution in [-0.4, -0.2) is 16.7 Å². The lowest BCUT2D eigenvalue weighted by atomic mass is 9.83. The number of nitrogens with two attached hydrogens (primary N) is 1. The van der Waals surface area contributed by atoms with Crippen LogP contribution in [0.25, 0.3) is 0 Å². The van der Waals surface area contributed by atoms with Crippen molar-refractivity contribution in [1.29, 1.82) is 0 Å². The van der Waals surface area contributed by atoms with E-state index >= 15 is 0 Å². The average Bonchev–Trinajstić information content (AvgIpc) is 2.76. The van der Waals surface area contributed by atoms with Crippen LogP contribution in [0.3, 0.4) is 0 Å². The van der Waals surface area contributed by atoms with Crippen molar-refractivity contribution in [1.82, 2.24) is 4.98 Å². The molecule has 1 aromatic rings. The Morgan fingerprint density at radius 2 is 2.11 bits per heavy atom. The Kier molecular flexibility index (Phi) is 3.25. The van der Waals surface area contributed by atoms with Gasteiger partial charge in [0.25, 0.3) is 0 Å². The molecule has 1 aromatic heterocycles. The van der Waals surface area contributed by atoms with Gasteiger partial charge in [0, 0.05) is 12.6 Å². The molecule has 98 valence electrons. The Morgan fingerprint density at radius 3 is 2.89 bits per heavy atom. The van der Waals surface area contributed by atoms with Crippen molar-refractivity contribution in [2.45, 2.75) is 63.1 Å². The van der Waals surface area contributed by atoms with Gasteiger partial charge in [-0.3, -0.25) is 0 Å². The van der Waals surface area contributed by atoms with Crippen LogP contribution >= 0.6 is 0 Å². The van der Waals surface area contributed by atoms with E-state index < -0.39 is 0 Å². The fourth-order valence-electron chi connectivity index (χ4n) is 3.47. The zero-order valence-corrected chi connectivity index (χ0v) is 10.9. The highest BCUT2D eigenvalue weighted by Crippen LogP contribution is 2.42. The van der Waals surface area contributed by atoms with Crippen LogP contribution in [-0.2, 0) is 11.2 Å². The number of hydrogen-bond acceptors (Lipinski definition) is 3. The first-order chi connectivity index (χ1) is 8.77. The van der Waals surface area contributed by atoms with Gasteiger partial charge in [0.15, 0.2) is 0 Å². The molecule has 0 aromatic carbocycles. The third kappa shape index (κ3) is 2.37. The van der Waals surface area contributed by atoms with E-state index in [0.717, 1.165) is 12.0 Å². The van der Waals surface area contributed by atoms with E-state index in [4.69, 9.17) is 10.5 Å². The molecule has 3 nitrogen and oxygen atoms in total.